The highest BCUT2D eigenvalue weighted by Crippen LogP contribution is 1.97. The highest BCUT2D eigenvalue weighted by Gasteiger charge is 2.11. The number of hydrogen-bond acceptors (Lipinski definition) is 4. The zero-order chi connectivity index (χ0) is 15.4. The molecule has 0 atom stereocenters. The van der Waals surface area contributed by atoms with Gasteiger partial charge in [-0.1, -0.05) is 30.3 Å². The molecule has 7 nitrogen and oxygen atoms in total. The van der Waals surface area contributed by atoms with Crippen LogP contribution in [-0.4, -0.2) is 15.0 Å². The average Bonchev–Trinajstić information content (AvgIpc) is 2.48. The molecule has 21 heavy (non-hydrogen) atoms. The van der Waals surface area contributed by atoms with Crippen molar-refractivity contribution >= 4 is 11.6 Å². The Morgan fingerprint density at radius 1 is 1.24 bits per heavy atom. The number of aryl methyl sites for hydroxylation is 1. The number of anilines is 1. The molecule has 1 aromatic heterocycles. The van der Waals surface area contributed by atoms with E-state index >= 15 is 0 Å². The fourth-order valence-electron chi connectivity index (χ4n) is 1.89. The van der Waals surface area contributed by atoms with E-state index in [1.54, 1.807) is 0 Å². The quantitative estimate of drug-likeness (QED) is 0.788. The van der Waals surface area contributed by atoms with Crippen molar-refractivity contribution in [2.45, 2.75) is 13.1 Å². The smallest absolute Gasteiger partial charge is 0.331 e. The lowest BCUT2D eigenvalue weighted by molar-refractivity contribution is -0.121. The SMILES string of the molecule is Cn1cc(N)c(=O)n(CC(=O)NCc2ccccc2)c1=O. The molecule has 2 aromatic rings. The first-order valence-corrected chi connectivity index (χ1v) is 6.35. The van der Waals surface area contributed by atoms with Gasteiger partial charge in [0.15, 0.2) is 0 Å². The summed E-state index contributed by atoms with van der Waals surface area (Å²) in [6.45, 7) is -0.0273. The van der Waals surface area contributed by atoms with Crippen molar-refractivity contribution < 1.29 is 4.79 Å². The van der Waals surface area contributed by atoms with Crippen molar-refractivity contribution in [2.24, 2.45) is 7.05 Å². The van der Waals surface area contributed by atoms with Crippen LogP contribution in [0.2, 0.25) is 0 Å². The molecular weight excluding hydrogens is 272 g/mol. The summed E-state index contributed by atoms with van der Waals surface area (Å²) in [4.78, 5) is 35.5. The van der Waals surface area contributed by atoms with Crippen molar-refractivity contribution in [3.8, 4) is 0 Å². The maximum absolute atomic E-state index is 11.9. The lowest BCUT2D eigenvalue weighted by Crippen LogP contribution is -2.43. The Balaban J connectivity index is 2.10. The van der Waals surface area contributed by atoms with Crippen LogP contribution in [0.3, 0.4) is 0 Å². The summed E-state index contributed by atoms with van der Waals surface area (Å²) < 4.78 is 1.98. The monoisotopic (exact) mass is 288 g/mol. The van der Waals surface area contributed by atoms with Gasteiger partial charge in [0.1, 0.15) is 12.2 Å². The molecule has 7 heteroatoms. The Bertz CT molecular complexity index is 728. The number of hydrogen-bond donors (Lipinski definition) is 2. The maximum atomic E-state index is 11.9. The second-order valence-corrected chi connectivity index (χ2v) is 4.63. The molecule has 110 valence electrons. The van der Waals surface area contributed by atoms with E-state index in [0.717, 1.165) is 10.1 Å². The lowest BCUT2D eigenvalue weighted by atomic mass is 10.2. The molecule has 0 bridgehead atoms. The standard InChI is InChI=1S/C14H16N4O3/c1-17-8-11(15)13(20)18(14(17)21)9-12(19)16-7-10-5-3-2-4-6-10/h2-6,8H,7,9,15H2,1H3,(H,16,19). The van der Waals surface area contributed by atoms with Crippen LogP contribution in [0.5, 0.6) is 0 Å². The van der Waals surface area contributed by atoms with Crippen LogP contribution in [0.1, 0.15) is 5.56 Å². The van der Waals surface area contributed by atoms with E-state index < -0.39 is 17.2 Å². The van der Waals surface area contributed by atoms with Crippen LogP contribution in [0.25, 0.3) is 0 Å². The first kappa shape index (κ1) is 14.6. The van der Waals surface area contributed by atoms with Gasteiger partial charge in [0.05, 0.1) is 0 Å². The number of carbonyl (C=O) groups is 1. The molecule has 0 aliphatic carbocycles. The van der Waals surface area contributed by atoms with Crippen LogP contribution in [-0.2, 0) is 24.9 Å². The first-order chi connectivity index (χ1) is 9.99. The number of benzene rings is 1. The summed E-state index contributed by atoms with van der Waals surface area (Å²) in [5.74, 6) is -0.427. The summed E-state index contributed by atoms with van der Waals surface area (Å²) >= 11 is 0. The van der Waals surface area contributed by atoms with E-state index in [2.05, 4.69) is 5.32 Å². The van der Waals surface area contributed by atoms with Crippen LogP contribution in [0.15, 0.2) is 46.1 Å². The predicted octanol–water partition coefficient (Wildman–Crippen LogP) is -0.554. The van der Waals surface area contributed by atoms with Gasteiger partial charge in [-0.15, -0.1) is 0 Å². The third kappa shape index (κ3) is 3.38. The Kier molecular flexibility index (Phi) is 4.22. The van der Waals surface area contributed by atoms with Gasteiger partial charge in [-0.25, -0.2) is 9.36 Å². The van der Waals surface area contributed by atoms with E-state index in [1.807, 2.05) is 30.3 Å². The van der Waals surface area contributed by atoms with E-state index in [1.165, 1.54) is 17.8 Å². The Labute approximate surface area is 120 Å². The normalized spacial score (nSPS) is 10.3. The van der Waals surface area contributed by atoms with E-state index in [4.69, 9.17) is 5.73 Å². The first-order valence-electron chi connectivity index (χ1n) is 6.35. The summed E-state index contributed by atoms with van der Waals surface area (Å²) in [5, 5.41) is 2.65. The van der Waals surface area contributed by atoms with E-state index in [-0.39, 0.29) is 12.2 Å². The highest BCUT2D eigenvalue weighted by atomic mass is 16.2. The number of nitrogens with zero attached hydrogens (tertiary/aromatic N) is 2. The van der Waals surface area contributed by atoms with Crippen molar-refractivity contribution in [2.75, 3.05) is 5.73 Å². The molecule has 0 fully saturated rings. The van der Waals surface area contributed by atoms with Gasteiger partial charge in [0.25, 0.3) is 5.56 Å². The lowest BCUT2D eigenvalue weighted by Gasteiger charge is -2.09. The van der Waals surface area contributed by atoms with Gasteiger partial charge < -0.3 is 15.6 Å². The molecule has 3 N–H and O–H groups in total. The van der Waals surface area contributed by atoms with Gasteiger partial charge in [0, 0.05) is 19.8 Å². The van der Waals surface area contributed by atoms with Gasteiger partial charge in [-0.05, 0) is 5.56 Å². The zero-order valence-electron chi connectivity index (χ0n) is 11.6. The third-order valence-corrected chi connectivity index (χ3v) is 2.99. The zero-order valence-corrected chi connectivity index (χ0v) is 11.6. The number of nitrogens with one attached hydrogen (secondary N) is 1. The Hall–Kier alpha value is -2.83. The molecular formula is C14H16N4O3. The van der Waals surface area contributed by atoms with Crippen LogP contribution in [0, 0.1) is 0 Å². The van der Waals surface area contributed by atoms with Crippen molar-refractivity contribution in [3.63, 3.8) is 0 Å². The second-order valence-electron chi connectivity index (χ2n) is 4.63. The minimum Gasteiger partial charge on any atom is -0.393 e. The van der Waals surface area contributed by atoms with Crippen LogP contribution in [0.4, 0.5) is 5.69 Å². The number of carbonyl (C=O) groups excluding carboxylic acids is 1. The Morgan fingerprint density at radius 3 is 2.57 bits per heavy atom. The van der Waals surface area contributed by atoms with Crippen molar-refractivity contribution in [3.05, 3.63) is 62.9 Å². The van der Waals surface area contributed by atoms with Crippen molar-refractivity contribution in [1.82, 2.24) is 14.5 Å². The fourth-order valence-corrected chi connectivity index (χ4v) is 1.89. The Morgan fingerprint density at radius 2 is 1.90 bits per heavy atom. The van der Waals surface area contributed by atoms with Gasteiger partial charge in [-0.3, -0.25) is 9.59 Å². The molecule has 0 spiro atoms. The molecule has 1 amide bonds. The summed E-state index contributed by atoms with van der Waals surface area (Å²) in [6, 6.07) is 9.33. The molecule has 0 radical (unpaired) electrons. The molecule has 1 aromatic carbocycles. The number of nitrogen functional groups attached to an aromatic ring is 1. The van der Waals surface area contributed by atoms with Gasteiger partial charge in [-0.2, -0.15) is 0 Å². The van der Waals surface area contributed by atoms with E-state index in [9.17, 15) is 14.4 Å². The number of aromatic nitrogens is 2. The summed E-state index contributed by atoms with van der Waals surface area (Å²) in [7, 11) is 1.47. The topological polar surface area (TPSA) is 99.1 Å². The van der Waals surface area contributed by atoms with Gasteiger partial charge in [0.2, 0.25) is 5.91 Å². The average molecular weight is 288 g/mol. The number of rotatable bonds is 4. The summed E-state index contributed by atoms with van der Waals surface area (Å²) in [6.07, 6.45) is 1.24. The van der Waals surface area contributed by atoms with E-state index in [0.29, 0.717) is 6.54 Å². The minimum absolute atomic E-state index is 0.0760. The van der Waals surface area contributed by atoms with Crippen LogP contribution >= 0.6 is 0 Å². The number of nitrogens with two attached hydrogens (primary N) is 1. The highest BCUT2D eigenvalue weighted by molar-refractivity contribution is 5.75. The van der Waals surface area contributed by atoms with Gasteiger partial charge >= 0.3 is 5.69 Å². The largest absolute Gasteiger partial charge is 0.393 e. The molecule has 0 saturated carbocycles. The maximum Gasteiger partial charge on any atom is 0.331 e. The second kappa shape index (κ2) is 6.08. The molecule has 2 rings (SSSR count). The predicted molar refractivity (Wildman–Crippen MR) is 78.6 cm³/mol. The molecule has 0 aliphatic rings. The van der Waals surface area contributed by atoms with Crippen molar-refractivity contribution in [1.29, 1.82) is 0 Å². The molecule has 1 heterocycles. The minimum atomic E-state index is -0.659. The fraction of sp³-hybridized carbons (Fsp3) is 0.214. The molecule has 0 unspecified atom stereocenters. The number of amides is 1. The molecule has 0 saturated heterocycles. The summed E-state index contributed by atoms with van der Waals surface area (Å²) in [5.41, 5.74) is 5.12. The third-order valence-electron chi connectivity index (χ3n) is 2.99. The molecule has 0 aliphatic heterocycles. The van der Waals surface area contributed by atoms with Crippen LogP contribution < -0.4 is 22.3 Å².